The van der Waals surface area contributed by atoms with Crippen LogP contribution in [0.15, 0.2) is 29.2 Å². The van der Waals surface area contributed by atoms with Gasteiger partial charge in [0.05, 0.1) is 6.04 Å². The number of furan rings is 1. The Morgan fingerprint density at radius 3 is 2.81 bits per heavy atom. The Bertz CT molecular complexity index is 312. The molecule has 0 aromatic carbocycles. The summed E-state index contributed by atoms with van der Waals surface area (Å²) in [5, 5.41) is 0.405. The topological polar surface area (TPSA) is 51.2 Å². The Balaban J connectivity index is 2.29. The number of unbranched alkanes of at least 4 members (excludes halogenated alkanes) is 3. The van der Waals surface area contributed by atoms with Gasteiger partial charge in [0.15, 0.2) is 5.22 Å². The van der Waals surface area contributed by atoms with Crippen LogP contribution in [0.5, 0.6) is 0 Å². The largest absolute Gasteiger partial charge is 0.448 e. The van der Waals surface area contributed by atoms with Crippen molar-refractivity contribution in [2.24, 2.45) is 5.84 Å². The molecule has 3 nitrogen and oxygen atoms in total. The van der Waals surface area contributed by atoms with Gasteiger partial charge in [-0.3, -0.25) is 5.84 Å². The highest BCUT2D eigenvalue weighted by Gasteiger charge is 2.12. The zero-order chi connectivity index (χ0) is 11.8. The Labute approximate surface area is 102 Å². The molecule has 0 aliphatic carbocycles. The van der Waals surface area contributed by atoms with Crippen LogP contribution in [0.25, 0.3) is 0 Å². The van der Waals surface area contributed by atoms with Gasteiger partial charge in [0.2, 0.25) is 0 Å². The highest BCUT2D eigenvalue weighted by molar-refractivity contribution is 6.28. The molecule has 1 aromatic rings. The first-order valence-corrected chi connectivity index (χ1v) is 5.98. The van der Waals surface area contributed by atoms with Gasteiger partial charge in [0.1, 0.15) is 5.76 Å². The first kappa shape index (κ1) is 13.3. The lowest BCUT2D eigenvalue weighted by Crippen LogP contribution is -2.27. The van der Waals surface area contributed by atoms with E-state index in [1.165, 1.54) is 12.8 Å². The number of nitrogens with one attached hydrogen (secondary N) is 1. The maximum Gasteiger partial charge on any atom is 0.193 e. The Morgan fingerprint density at radius 2 is 2.25 bits per heavy atom. The minimum Gasteiger partial charge on any atom is -0.448 e. The lowest BCUT2D eigenvalue weighted by atomic mass is 10.1. The van der Waals surface area contributed by atoms with Crippen LogP contribution < -0.4 is 11.3 Å². The van der Waals surface area contributed by atoms with Gasteiger partial charge in [-0.2, -0.15) is 0 Å². The van der Waals surface area contributed by atoms with Crippen molar-refractivity contribution < 1.29 is 4.42 Å². The number of rotatable bonds is 8. The summed E-state index contributed by atoms with van der Waals surface area (Å²) < 4.78 is 5.32. The molecular formula is C12H19ClN2O. The van der Waals surface area contributed by atoms with Gasteiger partial charge in [-0.1, -0.05) is 18.9 Å². The van der Waals surface area contributed by atoms with Crippen molar-refractivity contribution in [1.82, 2.24) is 5.43 Å². The number of hydrazine groups is 1. The maximum absolute atomic E-state index is 5.72. The Morgan fingerprint density at radius 1 is 1.44 bits per heavy atom. The molecule has 1 unspecified atom stereocenters. The summed E-state index contributed by atoms with van der Waals surface area (Å²) in [5.74, 6) is 6.29. The van der Waals surface area contributed by atoms with Crippen LogP contribution in [0.4, 0.5) is 0 Å². The Hall–Kier alpha value is -0.770. The second-order valence-electron chi connectivity index (χ2n) is 3.79. The molecule has 0 aliphatic rings. The third-order valence-corrected chi connectivity index (χ3v) is 2.74. The number of hydrogen-bond donors (Lipinski definition) is 2. The molecule has 3 N–H and O–H groups in total. The predicted molar refractivity (Wildman–Crippen MR) is 67.1 cm³/mol. The van der Waals surface area contributed by atoms with E-state index in [4.69, 9.17) is 21.9 Å². The molecule has 0 spiro atoms. The van der Waals surface area contributed by atoms with Gasteiger partial charge in [-0.25, -0.2) is 5.43 Å². The summed E-state index contributed by atoms with van der Waals surface area (Å²) in [7, 11) is 0. The minimum absolute atomic E-state index is 0.0521. The van der Waals surface area contributed by atoms with Crippen molar-refractivity contribution in [3.8, 4) is 0 Å². The van der Waals surface area contributed by atoms with E-state index in [2.05, 4.69) is 12.0 Å². The molecule has 4 heteroatoms. The van der Waals surface area contributed by atoms with E-state index in [1.807, 2.05) is 12.1 Å². The minimum atomic E-state index is 0.0521. The molecule has 0 saturated heterocycles. The third-order valence-electron chi connectivity index (χ3n) is 2.54. The maximum atomic E-state index is 5.72. The fourth-order valence-corrected chi connectivity index (χ4v) is 1.79. The smallest absolute Gasteiger partial charge is 0.193 e. The standard InChI is InChI=1S/C12H19ClN2O/c1-2-3-4-5-6-7-10(15-14)11-8-9-12(13)16-11/h2,8-10,15H,1,3-7,14H2. The first-order valence-electron chi connectivity index (χ1n) is 5.60. The highest BCUT2D eigenvalue weighted by atomic mass is 35.5. The SMILES string of the molecule is C=CCCCCCC(NN)c1ccc(Cl)o1. The second kappa shape index (κ2) is 7.49. The summed E-state index contributed by atoms with van der Waals surface area (Å²) in [4.78, 5) is 0. The van der Waals surface area contributed by atoms with E-state index in [0.29, 0.717) is 5.22 Å². The molecule has 0 fully saturated rings. The van der Waals surface area contributed by atoms with Crippen LogP contribution in [0, 0.1) is 0 Å². The van der Waals surface area contributed by atoms with Gasteiger partial charge in [0, 0.05) is 0 Å². The van der Waals surface area contributed by atoms with Crippen LogP contribution >= 0.6 is 11.6 Å². The quantitative estimate of drug-likeness (QED) is 0.317. The van der Waals surface area contributed by atoms with Gasteiger partial charge >= 0.3 is 0 Å². The van der Waals surface area contributed by atoms with Crippen LogP contribution in [0.2, 0.25) is 5.22 Å². The summed E-state index contributed by atoms with van der Waals surface area (Å²) >= 11 is 5.72. The number of allylic oxidation sites excluding steroid dienone is 1. The van der Waals surface area contributed by atoms with Gasteiger partial charge in [-0.05, 0) is 43.0 Å². The number of hydrogen-bond acceptors (Lipinski definition) is 3. The molecule has 1 aromatic heterocycles. The van der Waals surface area contributed by atoms with Gasteiger partial charge in [0.25, 0.3) is 0 Å². The molecule has 0 amide bonds. The molecule has 1 rings (SSSR count). The molecule has 16 heavy (non-hydrogen) atoms. The zero-order valence-corrected chi connectivity index (χ0v) is 10.2. The summed E-state index contributed by atoms with van der Waals surface area (Å²) in [6.07, 6.45) is 7.45. The summed E-state index contributed by atoms with van der Waals surface area (Å²) in [6.45, 7) is 3.70. The zero-order valence-electron chi connectivity index (χ0n) is 9.42. The van der Waals surface area contributed by atoms with E-state index < -0.39 is 0 Å². The van der Waals surface area contributed by atoms with Gasteiger partial charge < -0.3 is 4.42 Å². The second-order valence-corrected chi connectivity index (χ2v) is 4.16. The monoisotopic (exact) mass is 242 g/mol. The molecule has 0 saturated carbocycles. The summed E-state index contributed by atoms with van der Waals surface area (Å²) in [5.41, 5.74) is 2.75. The lowest BCUT2D eigenvalue weighted by molar-refractivity contribution is 0.390. The van der Waals surface area contributed by atoms with E-state index in [1.54, 1.807) is 6.07 Å². The normalized spacial score (nSPS) is 12.6. The van der Waals surface area contributed by atoms with E-state index in [-0.39, 0.29) is 6.04 Å². The number of halogens is 1. The first-order chi connectivity index (χ1) is 7.77. The van der Waals surface area contributed by atoms with Crippen molar-refractivity contribution in [2.45, 2.75) is 38.1 Å². The molecule has 0 aliphatic heterocycles. The average molecular weight is 243 g/mol. The predicted octanol–water partition coefficient (Wildman–Crippen LogP) is 3.57. The Kier molecular flexibility index (Phi) is 6.23. The number of nitrogens with two attached hydrogens (primary N) is 1. The van der Waals surface area contributed by atoms with Crippen molar-refractivity contribution in [3.05, 3.63) is 35.8 Å². The molecule has 90 valence electrons. The molecule has 0 radical (unpaired) electrons. The van der Waals surface area contributed by atoms with Crippen LogP contribution in [-0.2, 0) is 0 Å². The lowest BCUT2D eigenvalue weighted by Gasteiger charge is -2.12. The van der Waals surface area contributed by atoms with E-state index >= 15 is 0 Å². The molecular weight excluding hydrogens is 224 g/mol. The van der Waals surface area contributed by atoms with Crippen molar-refractivity contribution in [2.75, 3.05) is 0 Å². The fourth-order valence-electron chi connectivity index (χ4n) is 1.64. The van der Waals surface area contributed by atoms with Crippen LogP contribution in [-0.4, -0.2) is 0 Å². The molecule has 1 heterocycles. The molecule has 1 atom stereocenters. The average Bonchev–Trinajstić information content (AvgIpc) is 2.70. The van der Waals surface area contributed by atoms with Crippen LogP contribution in [0.3, 0.4) is 0 Å². The molecule has 0 bridgehead atoms. The van der Waals surface area contributed by atoms with Gasteiger partial charge in [-0.15, -0.1) is 6.58 Å². The van der Waals surface area contributed by atoms with E-state index in [0.717, 1.165) is 25.0 Å². The summed E-state index contributed by atoms with van der Waals surface area (Å²) in [6, 6.07) is 3.64. The highest BCUT2D eigenvalue weighted by Crippen LogP contribution is 2.23. The fraction of sp³-hybridized carbons (Fsp3) is 0.500. The van der Waals surface area contributed by atoms with Crippen molar-refractivity contribution >= 4 is 11.6 Å². The van der Waals surface area contributed by atoms with Crippen molar-refractivity contribution in [3.63, 3.8) is 0 Å². The van der Waals surface area contributed by atoms with E-state index in [9.17, 15) is 0 Å². The van der Waals surface area contributed by atoms with Crippen LogP contribution in [0.1, 0.15) is 43.9 Å². The third kappa shape index (κ3) is 4.39. The van der Waals surface area contributed by atoms with Crippen molar-refractivity contribution in [1.29, 1.82) is 0 Å².